The van der Waals surface area contributed by atoms with E-state index >= 15 is 0 Å². The van der Waals surface area contributed by atoms with E-state index in [0.29, 0.717) is 22.6 Å². The molecule has 1 aromatic carbocycles. The van der Waals surface area contributed by atoms with E-state index in [1.54, 1.807) is 22.5 Å². The molecule has 1 heterocycles. The maximum Gasteiger partial charge on any atom is 0.244 e. The second-order valence-electron chi connectivity index (χ2n) is 4.52. The number of nitrogens with one attached hydrogen (secondary N) is 1. The third-order valence-corrected chi connectivity index (χ3v) is 6.92. The van der Waals surface area contributed by atoms with Crippen molar-refractivity contribution in [2.45, 2.75) is 23.8 Å². The van der Waals surface area contributed by atoms with Crippen LogP contribution in [0.3, 0.4) is 0 Å². The fourth-order valence-corrected chi connectivity index (χ4v) is 5.26. The van der Waals surface area contributed by atoms with Crippen molar-refractivity contribution in [2.24, 2.45) is 0 Å². The Hall–Kier alpha value is 0.150. The van der Waals surface area contributed by atoms with Gasteiger partial charge in [-0.25, -0.2) is 8.42 Å². The molecule has 0 amide bonds. The van der Waals surface area contributed by atoms with Crippen molar-refractivity contribution < 1.29 is 8.42 Å². The van der Waals surface area contributed by atoms with Gasteiger partial charge >= 0.3 is 0 Å². The van der Waals surface area contributed by atoms with E-state index in [4.69, 9.17) is 11.6 Å². The standard InChI is InChI=1S/C12H16BrClN2O2S.ClH/c1-15-8-9-4-3-7-16(9)19(17,18)11-6-2-5-10(14)12(11)13;/h2,5-6,9,15H,3-4,7-8H2,1H3;1H. The lowest BCUT2D eigenvalue weighted by Gasteiger charge is -2.24. The molecule has 1 aliphatic heterocycles. The maximum absolute atomic E-state index is 12.7. The summed E-state index contributed by atoms with van der Waals surface area (Å²) in [6.45, 7) is 1.23. The van der Waals surface area contributed by atoms with Crippen molar-refractivity contribution in [3.05, 3.63) is 27.7 Å². The minimum atomic E-state index is -3.50. The monoisotopic (exact) mass is 402 g/mol. The summed E-state index contributed by atoms with van der Waals surface area (Å²) in [5.74, 6) is 0. The number of nitrogens with zero attached hydrogens (tertiary/aromatic N) is 1. The summed E-state index contributed by atoms with van der Waals surface area (Å²) < 4.78 is 27.4. The first-order valence-electron chi connectivity index (χ1n) is 6.09. The zero-order valence-corrected chi connectivity index (χ0v) is 14.9. The summed E-state index contributed by atoms with van der Waals surface area (Å²) >= 11 is 9.25. The van der Waals surface area contributed by atoms with Gasteiger partial charge in [0.2, 0.25) is 10.0 Å². The highest BCUT2D eigenvalue weighted by Gasteiger charge is 2.36. The number of benzene rings is 1. The molecule has 1 aromatic rings. The van der Waals surface area contributed by atoms with E-state index < -0.39 is 10.0 Å². The number of likely N-dealkylation sites (N-methyl/N-ethyl adjacent to an activating group) is 1. The molecular weight excluding hydrogens is 387 g/mol. The van der Waals surface area contributed by atoms with Gasteiger partial charge in [0.25, 0.3) is 0 Å². The molecule has 0 saturated carbocycles. The van der Waals surface area contributed by atoms with Gasteiger partial charge in [0.05, 0.1) is 14.4 Å². The van der Waals surface area contributed by atoms with Crippen molar-refractivity contribution in [3.63, 3.8) is 0 Å². The van der Waals surface area contributed by atoms with Crippen LogP contribution in [0, 0.1) is 0 Å². The van der Waals surface area contributed by atoms with Crippen LogP contribution in [-0.2, 0) is 10.0 Å². The summed E-state index contributed by atoms with van der Waals surface area (Å²) in [7, 11) is -1.67. The second-order valence-corrected chi connectivity index (χ2v) is 7.58. The molecule has 114 valence electrons. The molecular formula is C12H17BrCl2N2O2S. The average Bonchev–Trinajstić information content (AvgIpc) is 2.82. The lowest BCUT2D eigenvalue weighted by atomic mass is 10.2. The molecule has 1 unspecified atom stereocenters. The van der Waals surface area contributed by atoms with Gasteiger partial charge in [-0.3, -0.25) is 0 Å². The Bertz CT molecular complexity index is 569. The van der Waals surface area contributed by atoms with E-state index in [9.17, 15) is 8.42 Å². The average molecular weight is 404 g/mol. The molecule has 1 N–H and O–H groups in total. The molecule has 20 heavy (non-hydrogen) atoms. The van der Waals surface area contributed by atoms with Gasteiger partial charge in [-0.05, 0) is 48.0 Å². The van der Waals surface area contributed by atoms with E-state index in [2.05, 4.69) is 21.2 Å². The van der Waals surface area contributed by atoms with Gasteiger partial charge in [-0.1, -0.05) is 17.7 Å². The zero-order chi connectivity index (χ0) is 14.0. The molecule has 1 saturated heterocycles. The van der Waals surface area contributed by atoms with Crippen LogP contribution < -0.4 is 5.32 Å². The smallest absolute Gasteiger partial charge is 0.244 e. The first kappa shape index (κ1) is 18.2. The van der Waals surface area contributed by atoms with Crippen LogP contribution in [0.1, 0.15) is 12.8 Å². The van der Waals surface area contributed by atoms with Crippen LogP contribution in [0.2, 0.25) is 5.02 Å². The number of hydrogen-bond donors (Lipinski definition) is 1. The minimum Gasteiger partial charge on any atom is -0.318 e. The quantitative estimate of drug-likeness (QED) is 0.840. The lowest BCUT2D eigenvalue weighted by Crippen LogP contribution is -2.40. The SMILES string of the molecule is CNCC1CCCN1S(=O)(=O)c1cccc(Cl)c1Br.Cl. The van der Waals surface area contributed by atoms with E-state index in [0.717, 1.165) is 12.8 Å². The molecule has 0 aliphatic carbocycles. The number of halogens is 3. The number of hydrogen-bond acceptors (Lipinski definition) is 3. The lowest BCUT2D eigenvalue weighted by molar-refractivity contribution is 0.379. The summed E-state index contributed by atoms with van der Waals surface area (Å²) in [6.07, 6.45) is 1.78. The molecule has 4 nitrogen and oxygen atoms in total. The van der Waals surface area contributed by atoms with Gasteiger partial charge in [0.15, 0.2) is 0 Å². The summed E-state index contributed by atoms with van der Waals surface area (Å²) in [4.78, 5) is 0.239. The Morgan fingerprint density at radius 2 is 2.20 bits per heavy atom. The Morgan fingerprint density at radius 3 is 2.85 bits per heavy atom. The fraction of sp³-hybridized carbons (Fsp3) is 0.500. The van der Waals surface area contributed by atoms with Crippen LogP contribution in [0.5, 0.6) is 0 Å². The highest BCUT2D eigenvalue weighted by atomic mass is 79.9. The first-order chi connectivity index (χ1) is 8.98. The maximum atomic E-state index is 12.7. The number of sulfonamides is 1. The third-order valence-electron chi connectivity index (χ3n) is 3.27. The molecule has 1 aliphatic rings. The second kappa shape index (κ2) is 7.42. The summed E-state index contributed by atoms with van der Waals surface area (Å²) in [5, 5.41) is 3.45. The van der Waals surface area contributed by atoms with Gasteiger partial charge in [0, 0.05) is 19.1 Å². The predicted molar refractivity (Wildman–Crippen MR) is 87.2 cm³/mol. The van der Waals surface area contributed by atoms with Crippen molar-refractivity contribution in [1.82, 2.24) is 9.62 Å². The summed E-state index contributed by atoms with van der Waals surface area (Å²) in [5.41, 5.74) is 0. The van der Waals surface area contributed by atoms with Gasteiger partial charge in [0.1, 0.15) is 0 Å². The van der Waals surface area contributed by atoms with Crippen LogP contribution >= 0.6 is 39.9 Å². The van der Waals surface area contributed by atoms with Crippen molar-refractivity contribution in [3.8, 4) is 0 Å². The molecule has 1 fully saturated rings. The highest BCUT2D eigenvalue weighted by molar-refractivity contribution is 9.10. The van der Waals surface area contributed by atoms with Crippen molar-refractivity contribution in [2.75, 3.05) is 20.1 Å². The number of rotatable bonds is 4. The van der Waals surface area contributed by atoms with Crippen molar-refractivity contribution in [1.29, 1.82) is 0 Å². The molecule has 0 spiro atoms. The third kappa shape index (κ3) is 3.48. The Kier molecular flexibility index (Phi) is 6.76. The molecule has 0 radical (unpaired) electrons. The highest BCUT2D eigenvalue weighted by Crippen LogP contribution is 2.33. The van der Waals surface area contributed by atoms with Gasteiger partial charge in [-0.2, -0.15) is 4.31 Å². The normalized spacial score (nSPS) is 19.9. The minimum absolute atomic E-state index is 0. The Balaban J connectivity index is 0.00000200. The fourth-order valence-electron chi connectivity index (χ4n) is 2.37. The van der Waals surface area contributed by atoms with Gasteiger partial charge in [-0.15, -0.1) is 12.4 Å². The summed E-state index contributed by atoms with van der Waals surface area (Å²) in [6, 6.07) is 4.92. The predicted octanol–water partition coefficient (Wildman–Crippen LogP) is 2.90. The molecule has 0 bridgehead atoms. The van der Waals surface area contributed by atoms with Crippen LogP contribution in [0.4, 0.5) is 0 Å². The largest absolute Gasteiger partial charge is 0.318 e. The van der Waals surface area contributed by atoms with E-state index in [-0.39, 0.29) is 23.3 Å². The van der Waals surface area contributed by atoms with Crippen LogP contribution in [0.25, 0.3) is 0 Å². The topological polar surface area (TPSA) is 49.4 Å². The molecule has 2 rings (SSSR count). The van der Waals surface area contributed by atoms with E-state index in [1.165, 1.54) is 0 Å². The molecule has 0 aromatic heterocycles. The first-order valence-corrected chi connectivity index (χ1v) is 8.70. The Labute approximate surface area is 139 Å². The Morgan fingerprint density at radius 1 is 1.50 bits per heavy atom. The van der Waals surface area contributed by atoms with Crippen molar-refractivity contribution >= 4 is 50.0 Å². The van der Waals surface area contributed by atoms with E-state index in [1.807, 2.05) is 7.05 Å². The molecule has 8 heteroatoms. The van der Waals surface area contributed by atoms with Gasteiger partial charge < -0.3 is 5.32 Å². The van der Waals surface area contributed by atoms with Crippen LogP contribution in [-0.4, -0.2) is 38.9 Å². The van der Waals surface area contributed by atoms with Crippen LogP contribution in [0.15, 0.2) is 27.6 Å². The zero-order valence-electron chi connectivity index (χ0n) is 11.0. The molecule has 1 atom stereocenters.